The molecule has 0 radical (unpaired) electrons. The molecule has 1 saturated carbocycles. The van der Waals surface area contributed by atoms with Crippen molar-refractivity contribution >= 4 is 39.7 Å². The maximum absolute atomic E-state index is 12.8. The maximum atomic E-state index is 12.8. The summed E-state index contributed by atoms with van der Waals surface area (Å²) < 4.78 is 5.78. The molecule has 1 aliphatic heterocycles. The van der Waals surface area contributed by atoms with Crippen LogP contribution in [0.5, 0.6) is 0 Å². The van der Waals surface area contributed by atoms with Gasteiger partial charge in [-0.2, -0.15) is 0 Å². The van der Waals surface area contributed by atoms with Crippen LogP contribution in [0.1, 0.15) is 32.3 Å². The van der Waals surface area contributed by atoms with Gasteiger partial charge in [0.05, 0.1) is 12.6 Å². The number of rotatable bonds is 9. The Morgan fingerprint density at radius 3 is 2.74 bits per heavy atom. The van der Waals surface area contributed by atoms with E-state index in [0.29, 0.717) is 30.0 Å². The van der Waals surface area contributed by atoms with Gasteiger partial charge in [0, 0.05) is 30.7 Å². The SMILES string of the molecule is COCc1ccc(Br)nc1NC(=O)[C@@H]1C[C@@]2(CNC(=O)C(NC(=O)O)C(C)C)C[C@H]2N1. The van der Waals surface area contributed by atoms with Gasteiger partial charge in [-0.3, -0.25) is 9.59 Å². The summed E-state index contributed by atoms with van der Waals surface area (Å²) in [6.07, 6.45) is 0.209. The lowest BCUT2D eigenvalue weighted by Gasteiger charge is -2.22. The predicted molar refractivity (Wildman–Crippen MR) is 116 cm³/mol. The lowest BCUT2D eigenvalue weighted by atomic mass is 9.98. The highest BCUT2D eigenvalue weighted by Crippen LogP contribution is 2.54. The molecule has 170 valence electrons. The molecule has 0 spiro atoms. The minimum Gasteiger partial charge on any atom is -0.465 e. The fraction of sp³-hybridized carbons (Fsp3) is 0.600. The quantitative estimate of drug-likeness (QED) is 0.325. The van der Waals surface area contributed by atoms with Crippen LogP contribution in [-0.2, 0) is 20.9 Å². The number of anilines is 1. The van der Waals surface area contributed by atoms with Gasteiger partial charge in [-0.25, -0.2) is 9.78 Å². The van der Waals surface area contributed by atoms with Crippen LogP contribution in [0.15, 0.2) is 16.7 Å². The molecular formula is C20H28BrN5O5. The molecule has 1 saturated heterocycles. The zero-order chi connectivity index (χ0) is 22.8. The van der Waals surface area contributed by atoms with Crippen LogP contribution >= 0.6 is 15.9 Å². The van der Waals surface area contributed by atoms with Gasteiger partial charge in [0.2, 0.25) is 11.8 Å². The number of ether oxygens (including phenoxy) is 1. The number of nitrogens with zero attached hydrogens (tertiary/aromatic N) is 1. The topological polar surface area (TPSA) is 142 Å². The van der Waals surface area contributed by atoms with E-state index in [0.717, 1.165) is 12.0 Å². The standard InChI is InChI=1S/C20H28BrN5O5/c1-10(2)15(25-19(29)30)18(28)22-9-20-6-12(23-13(20)7-20)17(27)26-16-11(8-31-3)4-5-14(21)24-16/h4-5,10,12-13,15,23,25H,6-9H2,1-3H3,(H,22,28)(H,29,30)(H,24,26,27)/t12-,13+,15?,20-/m0/s1. The predicted octanol–water partition coefficient (Wildman–Crippen LogP) is 1.46. The average Bonchev–Trinajstić information content (AvgIpc) is 3.25. The highest BCUT2D eigenvalue weighted by atomic mass is 79.9. The first-order chi connectivity index (χ1) is 14.6. The van der Waals surface area contributed by atoms with E-state index in [1.807, 2.05) is 6.07 Å². The van der Waals surface area contributed by atoms with E-state index in [9.17, 15) is 14.4 Å². The van der Waals surface area contributed by atoms with Crippen molar-refractivity contribution in [3.05, 3.63) is 22.3 Å². The van der Waals surface area contributed by atoms with Crippen LogP contribution in [-0.4, -0.2) is 59.8 Å². The number of carbonyl (C=O) groups excluding carboxylic acids is 2. The summed E-state index contributed by atoms with van der Waals surface area (Å²) >= 11 is 3.32. The second-order valence-electron chi connectivity index (χ2n) is 8.50. The van der Waals surface area contributed by atoms with E-state index in [-0.39, 0.29) is 29.2 Å². The molecule has 2 aliphatic rings. The van der Waals surface area contributed by atoms with E-state index in [1.165, 1.54) is 0 Å². The lowest BCUT2D eigenvalue weighted by Crippen LogP contribution is -2.50. The largest absolute Gasteiger partial charge is 0.465 e. The van der Waals surface area contributed by atoms with Gasteiger partial charge in [0.15, 0.2) is 0 Å². The number of fused-ring (bicyclic) bond motifs is 1. The Balaban J connectivity index is 1.57. The van der Waals surface area contributed by atoms with Crippen LogP contribution in [0.25, 0.3) is 0 Å². The van der Waals surface area contributed by atoms with Crippen molar-refractivity contribution in [2.75, 3.05) is 19.0 Å². The van der Waals surface area contributed by atoms with Gasteiger partial charge in [-0.1, -0.05) is 19.9 Å². The molecule has 3 rings (SSSR count). The first-order valence-electron chi connectivity index (χ1n) is 10.1. The zero-order valence-electron chi connectivity index (χ0n) is 17.7. The number of piperidine rings is 1. The Morgan fingerprint density at radius 1 is 1.35 bits per heavy atom. The van der Waals surface area contributed by atoms with E-state index in [1.54, 1.807) is 27.0 Å². The van der Waals surface area contributed by atoms with Crippen LogP contribution in [0.4, 0.5) is 10.6 Å². The third-order valence-corrected chi connectivity index (χ3v) is 6.29. The van der Waals surface area contributed by atoms with E-state index in [2.05, 4.69) is 42.2 Å². The van der Waals surface area contributed by atoms with Crippen molar-refractivity contribution in [1.29, 1.82) is 0 Å². The van der Waals surface area contributed by atoms with Gasteiger partial charge < -0.3 is 31.1 Å². The number of methoxy groups -OCH3 is 1. The van der Waals surface area contributed by atoms with Gasteiger partial charge in [0.1, 0.15) is 16.5 Å². The molecule has 1 unspecified atom stereocenters. The monoisotopic (exact) mass is 497 g/mol. The highest BCUT2D eigenvalue weighted by molar-refractivity contribution is 9.10. The first-order valence-corrected chi connectivity index (χ1v) is 10.9. The summed E-state index contributed by atoms with van der Waals surface area (Å²) in [6.45, 7) is 4.28. The van der Waals surface area contributed by atoms with Crippen LogP contribution in [0.2, 0.25) is 0 Å². The maximum Gasteiger partial charge on any atom is 0.405 e. The molecule has 10 nitrogen and oxygen atoms in total. The fourth-order valence-corrected chi connectivity index (χ4v) is 4.35. The molecule has 1 aromatic heterocycles. The average molecular weight is 498 g/mol. The van der Waals surface area contributed by atoms with Gasteiger partial charge >= 0.3 is 6.09 Å². The summed E-state index contributed by atoms with van der Waals surface area (Å²) in [4.78, 5) is 40.6. The molecule has 2 heterocycles. The lowest BCUT2D eigenvalue weighted by molar-refractivity contribution is -0.124. The Labute approximate surface area is 189 Å². The number of aromatic nitrogens is 1. The number of amides is 3. The van der Waals surface area contributed by atoms with Gasteiger partial charge in [0.25, 0.3) is 0 Å². The Kier molecular flexibility index (Phi) is 7.17. The van der Waals surface area contributed by atoms with Crippen LogP contribution in [0.3, 0.4) is 0 Å². The second-order valence-corrected chi connectivity index (χ2v) is 9.31. The third kappa shape index (κ3) is 5.52. The van der Waals surface area contributed by atoms with Crippen molar-refractivity contribution in [2.45, 2.75) is 51.4 Å². The normalized spacial score (nSPS) is 24.9. The summed E-state index contributed by atoms with van der Waals surface area (Å²) in [5.74, 6) is -0.269. The minimum absolute atomic E-state index is 0.141. The number of halogens is 1. The van der Waals surface area contributed by atoms with Crippen molar-refractivity contribution in [2.24, 2.45) is 11.3 Å². The minimum atomic E-state index is -1.23. The number of carbonyl (C=O) groups is 3. The second kappa shape index (κ2) is 9.49. The molecule has 0 bridgehead atoms. The van der Waals surface area contributed by atoms with E-state index < -0.39 is 18.2 Å². The number of carboxylic acid groups (broad SMARTS) is 1. The summed E-state index contributed by atoms with van der Waals surface area (Å²) in [6, 6.07) is 2.55. The number of hydrogen-bond donors (Lipinski definition) is 5. The van der Waals surface area contributed by atoms with Crippen molar-refractivity contribution in [3.63, 3.8) is 0 Å². The smallest absolute Gasteiger partial charge is 0.405 e. The Bertz CT molecular complexity index is 866. The highest BCUT2D eigenvalue weighted by Gasteiger charge is 2.61. The zero-order valence-corrected chi connectivity index (χ0v) is 19.3. The van der Waals surface area contributed by atoms with Crippen LogP contribution < -0.4 is 21.3 Å². The third-order valence-electron chi connectivity index (χ3n) is 5.85. The van der Waals surface area contributed by atoms with Gasteiger partial charge in [-0.15, -0.1) is 0 Å². The molecule has 2 fully saturated rings. The van der Waals surface area contributed by atoms with Gasteiger partial charge in [-0.05, 0) is 40.8 Å². The van der Waals surface area contributed by atoms with E-state index >= 15 is 0 Å². The van der Waals surface area contributed by atoms with Crippen molar-refractivity contribution in [1.82, 2.24) is 20.9 Å². The van der Waals surface area contributed by atoms with Crippen LogP contribution in [0, 0.1) is 11.3 Å². The number of pyridine rings is 1. The molecule has 5 N–H and O–H groups in total. The molecule has 11 heteroatoms. The fourth-order valence-electron chi connectivity index (χ4n) is 4.04. The summed E-state index contributed by atoms with van der Waals surface area (Å²) in [5.41, 5.74) is 0.581. The number of hydrogen-bond acceptors (Lipinski definition) is 6. The molecule has 1 aromatic rings. The summed E-state index contributed by atoms with van der Waals surface area (Å²) in [5, 5.41) is 20.3. The molecule has 1 aliphatic carbocycles. The summed E-state index contributed by atoms with van der Waals surface area (Å²) in [7, 11) is 1.58. The molecular weight excluding hydrogens is 470 g/mol. The van der Waals surface area contributed by atoms with E-state index in [4.69, 9.17) is 9.84 Å². The molecule has 31 heavy (non-hydrogen) atoms. The molecule has 0 aromatic carbocycles. The molecule has 3 amide bonds. The number of nitrogens with one attached hydrogen (secondary N) is 4. The molecule has 4 atom stereocenters. The Morgan fingerprint density at radius 2 is 2.10 bits per heavy atom. The Hall–Kier alpha value is -2.24. The van der Waals surface area contributed by atoms with Crippen molar-refractivity contribution < 1.29 is 24.2 Å². The first kappa shape index (κ1) is 23.4. The van der Waals surface area contributed by atoms with Crippen molar-refractivity contribution in [3.8, 4) is 0 Å².